The first-order valence-electron chi connectivity index (χ1n) is 11.0. The molecular weight excluding hydrogens is 414 g/mol. The summed E-state index contributed by atoms with van der Waals surface area (Å²) in [5, 5.41) is 4.06. The van der Waals surface area contributed by atoms with Crippen LogP contribution in [0.3, 0.4) is 0 Å². The predicted molar refractivity (Wildman–Crippen MR) is 129 cm³/mol. The van der Waals surface area contributed by atoms with Crippen molar-refractivity contribution in [2.24, 2.45) is 11.0 Å². The van der Waals surface area contributed by atoms with E-state index in [-0.39, 0.29) is 18.2 Å². The van der Waals surface area contributed by atoms with Crippen LogP contribution in [-0.4, -0.2) is 24.6 Å². The second kappa shape index (κ2) is 10.1. The third-order valence-electron chi connectivity index (χ3n) is 5.81. The molecule has 6 heteroatoms. The van der Waals surface area contributed by atoms with Crippen molar-refractivity contribution in [3.05, 3.63) is 95.1 Å². The largest absolute Gasteiger partial charge is 0.489 e. The number of hydrogen-bond acceptors (Lipinski definition) is 4. The molecule has 168 valence electrons. The van der Waals surface area contributed by atoms with Gasteiger partial charge in [0.05, 0.1) is 12.1 Å². The highest BCUT2D eigenvalue weighted by molar-refractivity contribution is 6.00. The normalized spacial score (nSPS) is 15.8. The minimum atomic E-state index is -0.426. The Morgan fingerprint density at radius 1 is 1.06 bits per heavy atom. The van der Waals surface area contributed by atoms with Gasteiger partial charge in [-0.2, -0.15) is 5.10 Å². The first-order chi connectivity index (χ1) is 16.0. The lowest BCUT2D eigenvalue weighted by Crippen LogP contribution is -2.30. The van der Waals surface area contributed by atoms with Gasteiger partial charge >= 0.3 is 0 Å². The van der Waals surface area contributed by atoms with Crippen molar-refractivity contribution >= 4 is 23.7 Å². The molecule has 33 heavy (non-hydrogen) atoms. The molecule has 0 bridgehead atoms. The zero-order chi connectivity index (χ0) is 23.2. The summed E-state index contributed by atoms with van der Waals surface area (Å²) in [5.74, 6) is 0.0307. The lowest BCUT2D eigenvalue weighted by Gasteiger charge is -2.17. The molecule has 1 heterocycles. The topological polar surface area (TPSA) is 71.0 Å². The number of rotatable bonds is 7. The van der Waals surface area contributed by atoms with Crippen LogP contribution in [0.2, 0.25) is 0 Å². The van der Waals surface area contributed by atoms with E-state index < -0.39 is 5.92 Å². The Morgan fingerprint density at radius 3 is 2.55 bits per heavy atom. The van der Waals surface area contributed by atoms with Crippen LogP contribution < -0.4 is 15.1 Å². The maximum Gasteiger partial charge on any atom is 0.245 e. The standard InChI is InChI=1S/C27H27N3O3/c1-19-8-11-24(14-20(19)2)30-17-23(15-26(30)31)27(32)29-28-16-21-9-12-25(13-10-21)33-18-22-6-4-3-5-7-22/h3-14,16,23H,15,17-18H2,1-2H3,(H,29,32)/b28-16-/t23-/m0/s1. The van der Waals surface area contributed by atoms with Crippen LogP contribution in [0.5, 0.6) is 5.75 Å². The molecule has 0 aliphatic carbocycles. The minimum Gasteiger partial charge on any atom is -0.489 e. The molecule has 2 amide bonds. The Bertz CT molecular complexity index is 1160. The van der Waals surface area contributed by atoms with E-state index >= 15 is 0 Å². The average molecular weight is 442 g/mol. The fourth-order valence-corrected chi connectivity index (χ4v) is 3.68. The van der Waals surface area contributed by atoms with Crippen LogP contribution in [0.25, 0.3) is 0 Å². The zero-order valence-electron chi connectivity index (χ0n) is 18.8. The Labute approximate surface area is 193 Å². The van der Waals surface area contributed by atoms with E-state index in [4.69, 9.17) is 4.74 Å². The van der Waals surface area contributed by atoms with Crippen LogP contribution in [0.4, 0.5) is 5.69 Å². The van der Waals surface area contributed by atoms with Gasteiger partial charge in [-0.1, -0.05) is 36.4 Å². The number of benzene rings is 3. The van der Waals surface area contributed by atoms with Gasteiger partial charge in [0.15, 0.2) is 0 Å². The number of nitrogens with one attached hydrogen (secondary N) is 1. The Hall–Kier alpha value is -3.93. The SMILES string of the molecule is Cc1ccc(N2C[C@@H](C(=O)N/N=C\c3ccc(OCc4ccccc4)cc3)CC2=O)cc1C. The third kappa shape index (κ3) is 5.66. The highest BCUT2D eigenvalue weighted by Gasteiger charge is 2.35. The molecule has 3 aromatic rings. The first-order valence-corrected chi connectivity index (χ1v) is 11.0. The van der Waals surface area contributed by atoms with Crippen molar-refractivity contribution in [2.45, 2.75) is 26.9 Å². The number of carbonyl (C=O) groups excluding carboxylic acids is 2. The highest BCUT2D eigenvalue weighted by atomic mass is 16.5. The van der Waals surface area contributed by atoms with Crippen molar-refractivity contribution in [1.82, 2.24) is 5.43 Å². The molecule has 1 atom stereocenters. The second-order valence-corrected chi connectivity index (χ2v) is 8.25. The van der Waals surface area contributed by atoms with E-state index in [2.05, 4.69) is 10.5 Å². The van der Waals surface area contributed by atoms with E-state index in [1.165, 1.54) is 5.56 Å². The maximum atomic E-state index is 12.5. The summed E-state index contributed by atoms with van der Waals surface area (Å²) in [6.07, 6.45) is 1.76. The summed E-state index contributed by atoms with van der Waals surface area (Å²) < 4.78 is 5.78. The molecule has 0 unspecified atom stereocenters. The predicted octanol–water partition coefficient (Wildman–Crippen LogP) is 4.39. The van der Waals surface area contributed by atoms with Crippen molar-refractivity contribution in [1.29, 1.82) is 0 Å². The molecule has 0 saturated carbocycles. The number of ether oxygens (including phenoxy) is 1. The van der Waals surface area contributed by atoms with Gasteiger partial charge in [0, 0.05) is 18.7 Å². The molecule has 0 radical (unpaired) electrons. The average Bonchev–Trinajstić information content (AvgIpc) is 3.22. The maximum absolute atomic E-state index is 12.5. The Balaban J connectivity index is 1.28. The summed E-state index contributed by atoms with van der Waals surface area (Å²) in [6.45, 7) is 4.91. The van der Waals surface area contributed by atoms with Crippen LogP contribution >= 0.6 is 0 Å². The molecule has 1 fully saturated rings. The summed E-state index contributed by atoms with van der Waals surface area (Å²) in [7, 11) is 0. The number of anilines is 1. The summed E-state index contributed by atoms with van der Waals surface area (Å²) in [4.78, 5) is 26.7. The molecule has 0 spiro atoms. The minimum absolute atomic E-state index is 0.0477. The van der Waals surface area contributed by atoms with Gasteiger partial charge in [-0.3, -0.25) is 9.59 Å². The molecule has 1 saturated heterocycles. The first kappa shape index (κ1) is 22.3. The summed E-state index contributed by atoms with van der Waals surface area (Å²) in [6, 6.07) is 23.3. The number of aryl methyl sites for hydroxylation is 2. The van der Waals surface area contributed by atoms with Gasteiger partial charge in [-0.15, -0.1) is 0 Å². The third-order valence-corrected chi connectivity index (χ3v) is 5.81. The molecular formula is C27H27N3O3. The smallest absolute Gasteiger partial charge is 0.245 e. The van der Waals surface area contributed by atoms with Crippen LogP contribution in [0.15, 0.2) is 77.9 Å². The van der Waals surface area contributed by atoms with Gasteiger partial charge in [-0.25, -0.2) is 5.43 Å². The van der Waals surface area contributed by atoms with Gasteiger partial charge in [0.25, 0.3) is 0 Å². The van der Waals surface area contributed by atoms with Crippen LogP contribution in [0.1, 0.15) is 28.7 Å². The van der Waals surface area contributed by atoms with Gasteiger partial charge in [0.1, 0.15) is 12.4 Å². The molecule has 3 aromatic carbocycles. The van der Waals surface area contributed by atoms with Crippen LogP contribution in [0, 0.1) is 19.8 Å². The van der Waals surface area contributed by atoms with Gasteiger partial charge in [0.2, 0.25) is 11.8 Å². The van der Waals surface area contributed by atoms with E-state index in [0.29, 0.717) is 13.2 Å². The van der Waals surface area contributed by atoms with Crippen molar-refractivity contribution in [2.75, 3.05) is 11.4 Å². The van der Waals surface area contributed by atoms with E-state index in [0.717, 1.165) is 28.1 Å². The lowest BCUT2D eigenvalue weighted by atomic mass is 10.1. The fourth-order valence-electron chi connectivity index (χ4n) is 3.68. The quantitative estimate of drug-likeness (QED) is 0.437. The van der Waals surface area contributed by atoms with Crippen molar-refractivity contribution in [3.8, 4) is 5.75 Å². The molecule has 4 rings (SSSR count). The fraction of sp³-hybridized carbons (Fsp3) is 0.222. The number of nitrogens with zero attached hydrogens (tertiary/aromatic N) is 2. The van der Waals surface area contributed by atoms with E-state index in [9.17, 15) is 9.59 Å². The lowest BCUT2D eigenvalue weighted by molar-refractivity contribution is -0.126. The number of amides is 2. The number of hydrogen-bond donors (Lipinski definition) is 1. The summed E-state index contributed by atoms with van der Waals surface area (Å²) in [5.41, 5.74) is 7.63. The number of carbonyl (C=O) groups is 2. The second-order valence-electron chi connectivity index (χ2n) is 8.25. The van der Waals surface area contributed by atoms with Gasteiger partial charge in [-0.05, 0) is 72.5 Å². The van der Waals surface area contributed by atoms with E-state index in [1.807, 2.05) is 86.6 Å². The van der Waals surface area contributed by atoms with E-state index in [1.54, 1.807) is 11.1 Å². The van der Waals surface area contributed by atoms with Gasteiger partial charge < -0.3 is 9.64 Å². The number of hydrazone groups is 1. The monoisotopic (exact) mass is 441 g/mol. The Morgan fingerprint density at radius 2 is 1.82 bits per heavy atom. The van der Waals surface area contributed by atoms with Crippen LogP contribution in [-0.2, 0) is 16.2 Å². The summed E-state index contributed by atoms with van der Waals surface area (Å²) >= 11 is 0. The Kier molecular flexibility index (Phi) is 6.83. The zero-order valence-corrected chi connectivity index (χ0v) is 18.8. The molecule has 1 N–H and O–H groups in total. The highest BCUT2D eigenvalue weighted by Crippen LogP contribution is 2.27. The molecule has 0 aromatic heterocycles. The molecule has 6 nitrogen and oxygen atoms in total. The van der Waals surface area contributed by atoms with Crippen molar-refractivity contribution in [3.63, 3.8) is 0 Å². The molecule has 1 aliphatic rings. The van der Waals surface area contributed by atoms with Crippen molar-refractivity contribution < 1.29 is 14.3 Å². The molecule has 1 aliphatic heterocycles.